The van der Waals surface area contributed by atoms with Gasteiger partial charge in [0.1, 0.15) is 0 Å². The van der Waals surface area contributed by atoms with E-state index in [1.54, 1.807) is 0 Å². The zero-order valence-electron chi connectivity index (χ0n) is 11.9. The van der Waals surface area contributed by atoms with Gasteiger partial charge in [-0.15, -0.1) is 0 Å². The predicted octanol–water partition coefficient (Wildman–Crippen LogP) is 1.86. The number of hydrogen-bond donors (Lipinski definition) is 2. The van der Waals surface area contributed by atoms with Gasteiger partial charge in [-0.05, 0) is 32.4 Å². The van der Waals surface area contributed by atoms with Crippen LogP contribution in [0.4, 0.5) is 0 Å². The van der Waals surface area contributed by atoms with E-state index >= 15 is 0 Å². The van der Waals surface area contributed by atoms with Gasteiger partial charge in [0, 0.05) is 18.6 Å². The van der Waals surface area contributed by atoms with Crippen LogP contribution in [-0.4, -0.2) is 48.3 Å². The van der Waals surface area contributed by atoms with Gasteiger partial charge in [-0.2, -0.15) is 0 Å². The first kappa shape index (κ1) is 14.9. The Morgan fingerprint density at radius 1 is 1.24 bits per heavy atom. The molecule has 0 amide bonds. The maximum atomic E-state index is 10.0. The summed E-state index contributed by atoms with van der Waals surface area (Å²) in [4.78, 5) is 2.36. The van der Waals surface area contributed by atoms with Gasteiger partial charge >= 0.3 is 0 Å². The molecule has 0 radical (unpaired) electrons. The molecular weight excluding hydrogens is 212 g/mol. The zero-order valence-corrected chi connectivity index (χ0v) is 11.9. The molecule has 1 fully saturated rings. The van der Waals surface area contributed by atoms with Crippen molar-refractivity contribution in [2.45, 2.75) is 64.6 Å². The molecule has 1 aliphatic rings. The van der Waals surface area contributed by atoms with Crippen LogP contribution in [0.2, 0.25) is 0 Å². The lowest BCUT2D eigenvalue weighted by Gasteiger charge is -2.36. The van der Waals surface area contributed by atoms with Crippen molar-refractivity contribution in [1.82, 2.24) is 10.2 Å². The van der Waals surface area contributed by atoms with Crippen molar-refractivity contribution >= 4 is 0 Å². The average Bonchev–Trinajstić information content (AvgIpc) is 2.26. The van der Waals surface area contributed by atoms with Crippen molar-refractivity contribution < 1.29 is 5.11 Å². The Balaban J connectivity index is 2.29. The van der Waals surface area contributed by atoms with Crippen LogP contribution < -0.4 is 5.32 Å². The molecule has 0 aliphatic heterocycles. The molecule has 3 atom stereocenters. The largest absolute Gasteiger partial charge is 0.391 e. The van der Waals surface area contributed by atoms with Gasteiger partial charge < -0.3 is 15.3 Å². The van der Waals surface area contributed by atoms with Gasteiger partial charge in [0.2, 0.25) is 0 Å². The van der Waals surface area contributed by atoms with Gasteiger partial charge in [0.25, 0.3) is 0 Å². The number of likely N-dealkylation sites (N-methyl/N-ethyl adjacent to an activating group) is 1. The SMILES string of the molecule is CC(CNC(C)C)CN(C)C1CCCCC1O. The van der Waals surface area contributed by atoms with Gasteiger partial charge in [-0.3, -0.25) is 0 Å². The van der Waals surface area contributed by atoms with Crippen LogP contribution in [0.25, 0.3) is 0 Å². The molecule has 0 spiro atoms. The molecule has 0 aromatic rings. The summed E-state index contributed by atoms with van der Waals surface area (Å²) in [6, 6.07) is 0.938. The molecule has 0 aromatic carbocycles. The Labute approximate surface area is 107 Å². The van der Waals surface area contributed by atoms with E-state index in [4.69, 9.17) is 0 Å². The molecular formula is C14H30N2O. The summed E-state index contributed by atoms with van der Waals surface area (Å²) < 4.78 is 0. The van der Waals surface area contributed by atoms with E-state index in [9.17, 15) is 5.11 Å². The summed E-state index contributed by atoms with van der Waals surface area (Å²) in [5, 5.41) is 13.5. The Morgan fingerprint density at radius 3 is 2.47 bits per heavy atom. The summed E-state index contributed by atoms with van der Waals surface area (Å²) in [5.74, 6) is 0.636. The first-order valence-corrected chi connectivity index (χ1v) is 7.12. The van der Waals surface area contributed by atoms with Gasteiger partial charge in [-0.25, -0.2) is 0 Å². The standard InChI is InChI=1S/C14H30N2O/c1-11(2)15-9-12(3)10-16(4)13-7-5-6-8-14(13)17/h11-15,17H,5-10H2,1-4H3. The minimum absolute atomic E-state index is 0.112. The monoisotopic (exact) mass is 242 g/mol. The smallest absolute Gasteiger partial charge is 0.0695 e. The van der Waals surface area contributed by atoms with Crippen molar-refractivity contribution in [3.8, 4) is 0 Å². The molecule has 3 unspecified atom stereocenters. The molecule has 0 heterocycles. The van der Waals surface area contributed by atoms with Crippen molar-refractivity contribution in [2.75, 3.05) is 20.1 Å². The molecule has 0 aromatic heterocycles. The number of aliphatic hydroxyl groups excluding tert-OH is 1. The Kier molecular flexibility index (Phi) is 6.45. The highest BCUT2D eigenvalue weighted by molar-refractivity contribution is 4.82. The van der Waals surface area contributed by atoms with E-state index in [1.807, 2.05) is 0 Å². The minimum atomic E-state index is -0.112. The zero-order chi connectivity index (χ0) is 12.8. The highest BCUT2D eigenvalue weighted by Crippen LogP contribution is 2.22. The molecule has 102 valence electrons. The van der Waals surface area contributed by atoms with Gasteiger partial charge in [0.05, 0.1) is 6.10 Å². The summed E-state index contributed by atoms with van der Waals surface area (Å²) in [7, 11) is 2.16. The summed E-state index contributed by atoms with van der Waals surface area (Å²) in [5.41, 5.74) is 0. The number of nitrogens with one attached hydrogen (secondary N) is 1. The fraction of sp³-hybridized carbons (Fsp3) is 1.00. The number of aliphatic hydroxyl groups is 1. The highest BCUT2D eigenvalue weighted by Gasteiger charge is 2.26. The summed E-state index contributed by atoms with van der Waals surface area (Å²) in [6.45, 7) is 8.77. The lowest BCUT2D eigenvalue weighted by atomic mass is 9.91. The predicted molar refractivity (Wildman–Crippen MR) is 73.2 cm³/mol. The van der Waals surface area contributed by atoms with Crippen LogP contribution in [-0.2, 0) is 0 Å². The molecule has 2 N–H and O–H groups in total. The van der Waals surface area contributed by atoms with Crippen LogP contribution in [0.15, 0.2) is 0 Å². The van der Waals surface area contributed by atoms with Crippen LogP contribution in [0, 0.1) is 5.92 Å². The maximum absolute atomic E-state index is 10.0. The topological polar surface area (TPSA) is 35.5 Å². The molecule has 1 rings (SSSR count). The third kappa shape index (κ3) is 5.36. The molecule has 0 bridgehead atoms. The number of nitrogens with zero attached hydrogens (tertiary/aromatic N) is 1. The van der Waals surface area contributed by atoms with Crippen LogP contribution in [0.1, 0.15) is 46.5 Å². The van der Waals surface area contributed by atoms with E-state index in [2.05, 4.69) is 38.0 Å². The van der Waals surface area contributed by atoms with E-state index in [0.717, 1.165) is 25.9 Å². The van der Waals surface area contributed by atoms with Gasteiger partial charge in [0.15, 0.2) is 0 Å². The minimum Gasteiger partial charge on any atom is -0.391 e. The Hall–Kier alpha value is -0.120. The van der Waals surface area contributed by atoms with Gasteiger partial charge in [-0.1, -0.05) is 33.6 Å². The quantitative estimate of drug-likeness (QED) is 0.746. The molecule has 17 heavy (non-hydrogen) atoms. The second kappa shape index (κ2) is 7.34. The van der Waals surface area contributed by atoms with E-state index in [0.29, 0.717) is 18.0 Å². The van der Waals surface area contributed by atoms with E-state index < -0.39 is 0 Å². The van der Waals surface area contributed by atoms with E-state index in [1.165, 1.54) is 12.8 Å². The second-order valence-corrected chi connectivity index (χ2v) is 6.03. The normalized spacial score (nSPS) is 27.7. The van der Waals surface area contributed by atoms with Crippen molar-refractivity contribution in [3.63, 3.8) is 0 Å². The molecule has 0 saturated heterocycles. The van der Waals surface area contributed by atoms with Crippen LogP contribution >= 0.6 is 0 Å². The van der Waals surface area contributed by atoms with Crippen LogP contribution in [0.5, 0.6) is 0 Å². The Morgan fingerprint density at radius 2 is 1.88 bits per heavy atom. The maximum Gasteiger partial charge on any atom is 0.0695 e. The first-order chi connectivity index (χ1) is 8.00. The number of hydrogen-bond acceptors (Lipinski definition) is 3. The summed E-state index contributed by atoms with van der Waals surface area (Å²) >= 11 is 0. The highest BCUT2D eigenvalue weighted by atomic mass is 16.3. The third-order valence-corrected chi connectivity index (χ3v) is 3.73. The Bertz CT molecular complexity index is 208. The fourth-order valence-electron chi connectivity index (χ4n) is 2.73. The van der Waals surface area contributed by atoms with Crippen molar-refractivity contribution in [1.29, 1.82) is 0 Å². The molecule has 1 saturated carbocycles. The average molecular weight is 242 g/mol. The third-order valence-electron chi connectivity index (χ3n) is 3.73. The fourth-order valence-corrected chi connectivity index (χ4v) is 2.73. The molecule has 1 aliphatic carbocycles. The second-order valence-electron chi connectivity index (χ2n) is 6.03. The van der Waals surface area contributed by atoms with Crippen molar-refractivity contribution in [3.05, 3.63) is 0 Å². The molecule has 3 heteroatoms. The molecule has 3 nitrogen and oxygen atoms in total. The first-order valence-electron chi connectivity index (χ1n) is 7.12. The number of rotatable bonds is 6. The summed E-state index contributed by atoms with van der Waals surface area (Å²) in [6.07, 6.45) is 4.48. The van der Waals surface area contributed by atoms with Crippen LogP contribution in [0.3, 0.4) is 0 Å². The lowest BCUT2D eigenvalue weighted by molar-refractivity contribution is 0.0266. The lowest BCUT2D eigenvalue weighted by Crippen LogP contribution is -2.46. The van der Waals surface area contributed by atoms with E-state index in [-0.39, 0.29) is 6.10 Å². The van der Waals surface area contributed by atoms with Crippen molar-refractivity contribution in [2.24, 2.45) is 5.92 Å².